The zero-order chi connectivity index (χ0) is 10.6. The highest BCUT2D eigenvalue weighted by molar-refractivity contribution is 5.93. The normalized spacial score (nSPS) is 10.3. The number of hydroxylamine groups is 1. The molecule has 76 valence electrons. The molecule has 1 rings (SSSR count). The lowest BCUT2D eigenvalue weighted by Crippen LogP contribution is -2.26. The van der Waals surface area contributed by atoms with Crippen molar-refractivity contribution in [2.45, 2.75) is 20.0 Å². The van der Waals surface area contributed by atoms with Crippen LogP contribution in [0.25, 0.3) is 0 Å². The summed E-state index contributed by atoms with van der Waals surface area (Å²) in [6, 6.07) is 5.25. The van der Waals surface area contributed by atoms with Crippen molar-refractivity contribution in [2.75, 3.05) is 0 Å². The molecule has 0 unspecified atom stereocenters. The predicted molar refractivity (Wildman–Crippen MR) is 50.1 cm³/mol. The molecule has 0 bridgehead atoms. The maximum atomic E-state index is 12.5. The lowest BCUT2D eigenvalue weighted by molar-refractivity contribution is 0.000186. The third kappa shape index (κ3) is 3.14. The van der Waals surface area contributed by atoms with E-state index in [4.69, 9.17) is 4.84 Å². The van der Waals surface area contributed by atoms with Crippen molar-refractivity contribution in [1.29, 1.82) is 0 Å². The Labute approximate surface area is 81.8 Å². The van der Waals surface area contributed by atoms with Crippen LogP contribution in [0.1, 0.15) is 24.2 Å². The van der Waals surface area contributed by atoms with Crippen LogP contribution in [-0.2, 0) is 4.84 Å². The molecule has 0 aliphatic heterocycles. The van der Waals surface area contributed by atoms with Gasteiger partial charge in [-0.1, -0.05) is 0 Å². The molecule has 0 saturated heterocycles. The summed E-state index contributed by atoms with van der Waals surface area (Å²) < 4.78 is 12.5. The number of carbonyl (C=O) groups is 1. The molecule has 0 spiro atoms. The second kappa shape index (κ2) is 4.72. The van der Waals surface area contributed by atoms with E-state index in [0.29, 0.717) is 5.56 Å². The lowest BCUT2D eigenvalue weighted by Gasteiger charge is -2.07. The highest BCUT2D eigenvalue weighted by atomic mass is 19.1. The van der Waals surface area contributed by atoms with E-state index < -0.39 is 0 Å². The SMILES string of the molecule is CC(C)ONC(=O)c1ccc(F)cc1. The van der Waals surface area contributed by atoms with Gasteiger partial charge >= 0.3 is 0 Å². The highest BCUT2D eigenvalue weighted by Crippen LogP contribution is 2.02. The van der Waals surface area contributed by atoms with Crippen LogP contribution < -0.4 is 5.48 Å². The Kier molecular flexibility index (Phi) is 3.59. The van der Waals surface area contributed by atoms with Gasteiger partial charge in [0.25, 0.3) is 5.91 Å². The van der Waals surface area contributed by atoms with E-state index in [0.717, 1.165) is 0 Å². The van der Waals surface area contributed by atoms with Gasteiger partial charge in [-0.3, -0.25) is 9.63 Å². The molecule has 14 heavy (non-hydrogen) atoms. The van der Waals surface area contributed by atoms with Crippen molar-refractivity contribution in [3.63, 3.8) is 0 Å². The number of nitrogens with one attached hydrogen (secondary N) is 1. The summed E-state index contributed by atoms with van der Waals surface area (Å²) in [5.41, 5.74) is 2.62. The Morgan fingerprint density at radius 3 is 2.43 bits per heavy atom. The summed E-state index contributed by atoms with van der Waals surface area (Å²) in [4.78, 5) is 16.2. The largest absolute Gasteiger partial charge is 0.274 e. The molecule has 0 saturated carbocycles. The van der Waals surface area contributed by atoms with Crippen molar-refractivity contribution in [3.05, 3.63) is 35.6 Å². The molecule has 0 fully saturated rings. The fraction of sp³-hybridized carbons (Fsp3) is 0.300. The molecule has 0 aromatic heterocycles. The summed E-state index contributed by atoms with van der Waals surface area (Å²) >= 11 is 0. The van der Waals surface area contributed by atoms with Crippen LogP contribution in [0.2, 0.25) is 0 Å². The number of hydrogen-bond acceptors (Lipinski definition) is 2. The van der Waals surface area contributed by atoms with Gasteiger partial charge in [-0.15, -0.1) is 0 Å². The standard InChI is InChI=1S/C10H12FNO2/c1-7(2)14-12-10(13)8-3-5-9(11)6-4-8/h3-7H,1-2H3,(H,12,13). The van der Waals surface area contributed by atoms with E-state index in [1.807, 2.05) is 0 Å². The van der Waals surface area contributed by atoms with E-state index in [1.54, 1.807) is 13.8 Å². The Hall–Kier alpha value is -1.42. The van der Waals surface area contributed by atoms with Crippen molar-refractivity contribution < 1.29 is 14.0 Å². The minimum atomic E-state index is -0.376. The number of benzene rings is 1. The van der Waals surface area contributed by atoms with Crippen LogP contribution >= 0.6 is 0 Å². The molecule has 4 heteroatoms. The zero-order valence-electron chi connectivity index (χ0n) is 8.08. The monoisotopic (exact) mass is 197 g/mol. The third-order valence-electron chi connectivity index (χ3n) is 1.49. The van der Waals surface area contributed by atoms with Gasteiger partial charge in [0.1, 0.15) is 5.82 Å². The summed E-state index contributed by atoms with van der Waals surface area (Å²) in [6.07, 6.45) is -0.0839. The smallest absolute Gasteiger partial charge is 0.271 e. The number of amides is 1. The molecule has 1 amide bonds. The van der Waals surface area contributed by atoms with Crippen molar-refractivity contribution in [3.8, 4) is 0 Å². The van der Waals surface area contributed by atoms with E-state index in [9.17, 15) is 9.18 Å². The molecular formula is C10H12FNO2. The molecule has 0 heterocycles. The maximum Gasteiger partial charge on any atom is 0.274 e. The van der Waals surface area contributed by atoms with Gasteiger partial charge in [0, 0.05) is 5.56 Å². The van der Waals surface area contributed by atoms with Crippen LogP contribution in [0.4, 0.5) is 4.39 Å². The Morgan fingerprint density at radius 2 is 1.93 bits per heavy atom. The maximum absolute atomic E-state index is 12.5. The fourth-order valence-electron chi connectivity index (χ4n) is 0.832. The first-order chi connectivity index (χ1) is 6.59. The van der Waals surface area contributed by atoms with Crippen LogP contribution in [0.5, 0.6) is 0 Å². The van der Waals surface area contributed by atoms with Crippen LogP contribution in [-0.4, -0.2) is 12.0 Å². The van der Waals surface area contributed by atoms with Gasteiger partial charge in [-0.25, -0.2) is 9.87 Å². The summed E-state index contributed by atoms with van der Waals surface area (Å²) in [7, 11) is 0. The first-order valence-corrected chi connectivity index (χ1v) is 4.31. The van der Waals surface area contributed by atoms with Crippen LogP contribution in [0.3, 0.4) is 0 Å². The second-order valence-electron chi connectivity index (χ2n) is 3.10. The summed E-state index contributed by atoms with van der Waals surface area (Å²) in [5, 5.41) is 0. The van der Waals surface area contributed by atoms with Gasteiger partial charge in [-0.2, -0.15) is 0 Å². The number of rotatable bonds is 3. The molecule has 3 nitrogen and oxygen atoms in total. The molecule has 1 N–H and O–H groups in total. The quantitative estimate of drug-likeness (QED) is 0.751. The molecule has 1 aromatic rings. The van der Waals surface area contributed by atoms with Crippen molar-refractivity contribution in [1.82, 2.24) is 5.48 Å². The van der Waals surface area contributed by atoms with Crippen LogP contribution in [0.15, 0.2) is 24.3 Å². The molecule has 0 atom stereocenters. The van der Waals surface area contributed by atoms with Gasteiger partial charge in [0.2, 0.25) is 0 Å². The Balaban J connectivity index is 2.57. The average Bonchev–Trinajstić information content (AvgIpc) is 2.15. The molecular weight excluding hydrogens is 185 g/mol. The van der Waals surface area contributed by atoms with E-state index in [-0.39, 0.29) is 17.8 Å². The van der Waals surface area contributed by atoms with Crippen molar-refractivity contribution >= 4 is 5.91 Å². The molecule has 0 aliphatic rings. The molecule has 0 radical (unpaired) electrons. The number of halogens is 1. The number of hydrogen-bond donors (Lipinski definition) is 1. The van der Waals surface area contributed by atoms with Crippen molar-refractivity contribution in [2.24, 2.45) is 0 Å². The Morgan fingerprint density at radius 1 is 1.36 bits per heavy atom. The summed E-state index contributed by atoms with van der Waals surface area (Å²) in [6.45, 7) is 3.59. The Bertz CT molecular complexity index is 308. The van der Waals surface area contributed by atoms with Gasteiger partial charge in [0.05, 0.1) is 6.10 Å². The van der Waals surface area contributed by atoms with E-state index in [1.165, 1.54) is 24.3 Å². The van der Waals surface area contributed by atoms with Gasteiger partial charge in [0.15, 0.2) is 0 Å². The minimum Gasteiger partial charge on any atom is -0.271 e. The lowest BCUT2D eigenvalue weighted by atomic mass is 10.2. The first-order valence-electron chi connectivity index (χ1n) is 4.31. The van der Waals surface area contributed by atoms with Gasteiger partial charge in [-0.05, 0) is 38.1 Å². The molecule has 0 aliphatic carbocycles. The number of carbonyl (C=O) groups excluding carboxylic acids is 1. The highest BCUT2D eigenvalue weighted by Gasteiger charge is 2.05. The van der Waals surface area contributed by atoms with E-state index in [2.05, 4.69) is 5.48 Å². The zero-order valence-corrected chi connectivity index (χ0v) is 8.08. The second-order valence-corrected chi connectivity index (χ2v) is 3.10. The topological polar surface area (TPSA) is 38.3 Å². The summed E-state index contributed by atoms with van der Waals surface area (Å²) in [5.74, 6) is -0.745. The molecule has 1 aromatic carbocycles. The fourth-order valence-corrected chi connectivity index (χ4v) is 0.832. The predicted octanol–water partition coefficient (Wildman–Crippen LogP) is 1.90. The first kappa shape index (κ1) is 10.7. The van der Waals surface area contributed by atoms with E-state index >= 15 is 0 Å². The minimum absolute atomic E-state index is 0.0839. The average molecular weight is 197 g/mol. The van der Waals surface area contributed by atoms with Crippen LogP contribution in [0, 0.1) is 5.82 Å². The van der Waals surface area contributed by atoms with Gasteiger partial charge < -0.3 is 0 Å². The third-order valence-corrected chi connectivity index (χ3v) is 1.49.